The third kappa shape index (κ3) is 4.07. The molecule has 142 valence electrons. The fraction of sp³-hybridized carbons (Fsp3) is 0.400. The Morgan fingerprint density at radius 1 is 1.07 bits per heavy atom. The monoisotopic (exact) mass is 370 g/mol. The van der Waals surface area contributed by atoms with Crippen LogP contribution >= 0.6 is 0 Å². The number of likely N-dealkylation sites (N-methyl/N-ethyl adjacent to an activating group) is 1. The van der Waals surface area contributed by atoms with E-state index in [2.05, 4.69) is 0 Å². The van der Waals surface area contributed by atoms with Gasteiger partial charge in [-0.15, -0.1) is 0 Å². The van der Waals surface area contributed by atoms with E-state index < -0.39 is 5.97 Å². The van der Waals surface area contributed by atoms with Gasteiger partial charge < -0.3 is 9.64 Å². The lowest BCUT2D eigenvalue weighted by Gasteiger charge is -2.17. The van der Waals surface area contributed by atoms with Gasteiger partial charge in [0.05, 0.1) is 18.3 Å². The van der Waals surface area contributed by atoms with Gasteiger partial charge in [-0.25, -0.2) is 0 Å². The SMILES string of the molecule is CN(C(=O)COC(=O)CCN1C(=O)[C@H]2CC=CC[C@@H]2C1=O)c1ccccc1. The molecule has 1 saturated heterocycles. The molecule has 0 aromatic heterocycles. The minimum Gasteiger partial charge on any atom is -0.455 e. The number of imide groups is 1. The van der Waals surface area contributed by atoms with Gasteiger partial charge in [0.15, 0.2) is 6.61 Å². The molecule has 1 heterocycles. The van der Waals surface area contributed by atoms with E-state index in [1.165, 1.54) is 4.90 Å². The second kappa shape index (κ2) is 8.16. The van der Waals surface area contributed by atoms with E-state index in [0.29, 0.717) is 18.5 Å². The molecule has 1 aromatic carbocycles. The first-order chi connectivity index (χ1) is 13.0. The zero-order valence-electron chi connectivity index (χ0n) is 15.2. The van der Waals surface area contributed by atoms with Crippen molar-refractivity contribution >= 4 is 29.4 Å². The number of ether oxygens (including phenoxy) is 1. The third-order valence-electron chi connectivity index (χ3n) is 5.01. The number of amides is 3. The van der Waals surface area contributed by atoms with Crippen LogP contribution in [0.25, 0.3) is 0 Å². The highest BCUT2D eigenvalue weighted by Crippen LogP contribution is 2.34. The number of fused-ring (bicyclic) bond motifs is 1. The van der Waals surface area contributed by atoms with Crippen LogP contribution in [-0.2, 0) is 23.9 Å². The van der Waals surface area contributed by atoms with Crippen molar-refractivity contribution in [1.82, 2.24) is 4.90 Å². The number of rotatable bonds is 6. The lowest BCUT2D eigenvalue weighted by molar-refractivity contribution is -0.149. The second-order valence-corrected chi connectivity index (χ2v) is 6.68. The topological polar surface area (TPSA) is 84.0 Å². The van der Waals surface area contributed by atoms with Crippen LogP contribution in [0.3, 0.4) is 0 Å². The smallest absolute Gasteiger partial charge is 0.308 e. The van der Waals surface area contributed by atoms with Gasteiger partial charge in [0, 0.05) is 19.3 Å². The second-order valence-electron chi connectivity index (χ2n) is 6.68. The number of hydrogen-bond acceptors (Lipinski definition) is 5. The summed E-state index contributed by atoms with van der Waals surface area (Å²) in [7, 11) is 1.60. The Morgan fingerprint density at radius 2 is 1.67 bits per heavy atom. The van der Waals surface area contributed by atoms with Gasteiger partial charge in [-0.05, 0) is 25.0 Å². The highest BCUT2D eigenvalue weighted by atomic mass is 16.5. The maximum Gasteiger partial charge on any atom is 0.308 e. The summed E-state index contributed by atoms with van der Waals surface area (Å²) in [6.45, 7) is -0.395. The number of anilines is 1. The van der Waals surface area contributed by atoms with Gasteiger partial charge in [0.1, 0.15) is 0 Å². The predicted molar refractivity (Wildman–Crippen MR) is 97.5 cm³/mol. The van der Waals surface area contributed by atoms with Crippen LogP contribution in [0.1, 0.15) is 19.3 Å². The van der Waals surface area contributed by atoms with Crippen LogP contribution in [0.15, 0.2) is 42.5 Å². The Kier molecular flexibility index (Phi) is 5.69. The van der Waals surface area contributed by atoms with Crippen molar-refractivity contribution in [3.05, 3.63) is 42.5 Å². The van der Waals surface area contributed by atoms with Gasteiger partial charge >= 0.3 is 5.97 Å². The summed E-state index contributed by atoms with van der Waals surface area (Å²) in [6, 6.07) is 9.01. The van der Waals surface area contributed by atoms with Gasteiger partial charge in [-0.3, -0.25) is 24.1 Å². The van der Waals surface area contributed by atoms with Gasteiger partial charge in [-0.1, -0.05) is 30.4 Å². The molecule has 0 unspecified atom stereocenters. The number of allylic oxidation sites excluding steroid dienone is 2. The first-order valence-electron chi connectivity index (χ1n) is 8.96. The van der Waals surface area contributed by atoms with E-state index in [0.717, 1.165) is 4.90 Å². The first-order valence-corrected chi connectivity index (χ1v) is 8.96. The van der Waals surface area contributed by atoms with E-state index in [-0.39, 0.29) is 49.1 Å². The first kappa shape index (κ1) is 18.8. The molecule has 2 atom stereocenters. The van der Waals surface area contributed by atoms with Crippen LogP contribution in [0, 0.1) is 11.8 Å². The number of benzene rings is 1. The van der Waals surface area contributed by atoms with Crippen molar-refractivity contribution in [2.45, 2.75) is 19.3 Å². The molecule has 1 aliphatic heterocycles. The van der Waals surface area contributed by atoms with Crippen LogP contribution in [0.5, 0.6) is 0 Å². The van der Waals surface area contributed by atoms with Crippen molar-refractivity contribution in [3.63, 3.8) is 0 Å². The average molecular weight is 370 g/mol. The largest absolute Gasteiger partial charge is 0.455 e. The van der Waals surface area contributed by atoms with E-state index >= 15 is 0 Å². The summed E-state index contributed by atoms with van der Waals surface area (Å²) < 4.78 is 5.00. The van der Waals surface area contributed by atoms with E-state index in [1.54, 1.807) is 19.2 Å². The lowest BCUT2D eigenvalue weighted by atomic mass is 9.85. The summed E-state index contributed by atoms with van der Waals surface area (Å²) in [5.41, 5.74) is 0.697. The summed E-state index contributed by atoms with van der Waals surface area (Å²) in [6.07, 6.45) is 4.84. The number of hydrogen-bond donors (Lipinski definition) is 0. The molecule has 0 spiro atoms. The van der Waals surface area contributed by atoms with E-state index in [9.17, 15) is 19.2 Å². The summed E-state index contributed by atoms with van der Waals surface area (Å²) in [4.78, 5) is 51.3. The number of carbonyl (C=O) groups is 4. The molecular weight excluding hydrogens is 348 g/mol. The van der Waals surface area contributed by atoms with Crippen LogP contribution in [0.2, 0.25) is 0 Å². The van der Waals surface area contributed by atoms with Crippen LogP contribution in [-0.4, -0.2) is 48.8 Å². The van der Waals surface area contributed by atoms with Crippen molar-refractivity contribution in [2.75, 3.05) is 25.1 Å². The molecule has 1 fully saturated rings. The Hall–Kier alpha value is -2.96. The molecule has 7 nitrogen and oxygen atoms in total. The fourth-order valence-electron chi connectivity index (χ4n) is 3.40. The van der Waals surface area contributed by atoms with Gasteiger partial charge in [0.2, 0.25) is 11.8 Å². The predicted octanol–water partition coefficient (Wildman–Crippen LogP) is 1.53. The lowest BCUT2D eigenvalue weighted by Crippen LogP contribution is -2.34. The molecule has 0 radical (unpaired) electrons. The fourth-order valence-corrected chi connectivity index (χ4v) is 3.40. The normalized spacial score (nSPS) is 21.1. The zero-order valence-corrected chi connectivity index (χ0v) is 15.2. The average Bonchev–Trinajstić information content (AvgIpc) is 2.95. The molecule has 3 amide bonds. The van der Waals surface area contributed by atoms with Crippen molar-refractivity contribution in [3.8, 4) is 0 Å². The molecule has 3 rings (SSSR count). The van der Waals surface area contributed by atoms with Gasteiger partial charge in [0.25, 0.3) is 5.91 Å². The van der Waals surface area contributed by atoms with E-state index in [1.807, 2.05) is 30.4 Å². The molecule has 0 bridgehead atoms. The minimum atomic E-state index is -0.613. The third-order valence-corrected chi connectivity index (χ3v) is 5.01. The quantitative estimate of drug-likeness (QED) is 0.431. The highest BCUT2D eigenvalue weighted by Gasteiger charge is 2.46. The maximum atomic E-state index is 12.3. The summed E-state index contributed by atoms with van der Waals surface area (Å²) in [5.74, 6) is -2.03. The molecule has 27 heavy (non-hydrogen) atoms. The van der Waals surface area contributed by atoms with Crippen molar-refractivity contribution in [2.24, 2.45) is 11.8 Å². The molecule has 0 N–H and O–H groups in total. The Labute approximate surface area is 157 Å². The Morgan fingerprint density at radius 3 is 2.26 bits per heavy atom. The number of likely N-dealkylation sites (tertiary alicyclic amines) is 1. The number of esters is 1. The number of para-hydroxylation sites is 1. The summed E-state index contributed by atoms with van der Waals surface area (Å²) >= 11 is 0. The highest BCUT2D eigenvalue weighted by molar-refractivity contribution is 6.05. The zero-order chi connectivity index (χ0) is 19.4. The summed E-state index contributed by atoms with van der Waals surface area (Å²) in [5, 5.41) is 0. The number of carbonyl (C=O) groups excluding carboxylic acids is 4. The van der Waals surface area contributed by atoms with E-state index in [4.69, 9.17) is 4.74 Å². The van der Waals surface area contributed by atoms with Crippen LogP contribution in [0.4, 0.5) is 5.69 Å². The van der Waals surface area contributed by atoms with Crippen LogP contribution < -0.4 is 4.90 Å². The van der Waals surface area contributed by atoms with Crippen molar-refractivity contribution < 1.29 is 23.9 Å². The number of nitrogens with zero attached hydrogens (tertiary/aromatic N) is 2. The standard InChI is InChI=1S/C20H22N2O5/c1-21(14-7-3-2-4-8-14)17(23)13-27-18(24)11-12-22-19(25)15-9-5-6-10-16(15)20(22)26/h2-8,15-16H,9-13H2,1H3/t15-,16-/m0/s1. The Balaban J connectivity index is 1.45. The molecule has 7 heteroatoms. The molecule has 0 saturated carbocycles. The molecular formula is C20H22N2O5. The molecule has 1 aromatic rings. The van der Waals surface area contributed by atoms with Crippen molar-refractivity contribution in [1.29, 1.82) is 0 Å². The molecule has 1 aliphatic carbocycles. The maximum absolute atomic E-state index is 12.3. The minimum absolute atomic E-state index is 0.00772. The Bertz CT molecular complexity index is 748. The molecule has 2 aliphatic rings. The van der Waals surface area contributed by atoms with Gasteiger partial charge in [-0.2, -0.15) is 0 Å².